The van der Waals surface area contributed by atoms with Crippen molar-refractivity contribution >= 4 is 0 Å². The Morgan fingerprint density at radius 3 is 2.92 bits per heavy atom. The number of rotatable bonds is 0. The Balaban J connectivity index is 2.43. The molecule has 1 aliphatic rings. The van der Waals surface area contributed by atoms with E-state index in [1.54, 1.807) is 18.2 Å². The highest BCUT2D eigenvalue weighted by Gasteiger charge is 2.29. The second-order valence-electron chi connectivity index (χ2n) is 3.81. The molecule has 1 heterocycles. The van der Waals surface area contributed by atoms with Gasteiger partial charge in [-0.1, -0.05) is 0 Å². The van der Waals surface area contributed by atoms with Gasteiger partial charge in [-0.2, -0.15) is 0 Å². The third kappa shape index (κ3) is 1.13. The topological polar surface area (TPSA) is 29.1 Å². The van der Waals surface area contributed by atoms with Crippen LogP contribution in [0.25, 0.3) is 0 Å². The lowest BCUT2D eigenvalue weighted by molar-refractivity contribution is 0.138. The van der Waals surface area contributed by atoms with Crippen molar-refractivity contribution in [2.24, 2.45) is 0 Å². The van der Waals surface area contributed by atoms with Gasteiger partial charge in [0.05, 0.1) is 0 Å². The van der Waals surface area contributed by atoms with Gasteiger partial charge >= 0.3 is 0 Å². The zero-order chi connectivity index (χ0) is 8.77. The van der Waals surface area contributed by atoms with Crippen molar-refractivity contribution in [3.63, 3.8) is 0 Å². The van der Waals surface area contributed by atoms with Crippen molar-refractivity contribution < 1.29 is 9.84 Å². The molecular weight excluding hydrogens is 152 g/mol. The first-order chi connectivity index (χ1) is 5.57. The van der Waals surface area contributed by atoms with Crippen LogP contribution in [0, 0.1) is 0 Å². The molecule has 1 aliphatic heterocycles. The lowest BCUT2D eigenvalue weighted by Gasteiger charge is -2.16. The molecule has 0 saturated carbocycles. The summed E-state index contributed by atoms with van der Waals surface area (Å²) in [6, 6.07) is 4.96. The van der Waals surface area contributed by atoms with Gasteiger partial charge in [0.1, 0.15) is 11.4 Å². The van der Waals surface area contributed by atoms with E-state index in [0.717, 1.165) is 17.7 Å². The maximum absolute atomic E-state index is 11.0. The summed E-state index contributed by atoms with van der Waals surface area (Å²) in [5.74, 6) is 0.926. The molecule has 0 spiro atoms. The summed E-state index contributed by atoms with van der Waals surface area (Å²) < 4.78 is 5.61. The molecule has 0 unspecified atom stereocenters. The maximum Gasteiger partial charge on any atom is 0.179 e. The second kappa shape index (κ2) is 2.16. The first-order valence-electron chi connectivity index (χ1n) is 4.06. The van der Waals surface area contributed by atoms with Crippen molar-refractivity contribution in [2.45, 2.75) is 25.9 Å². The summed E-state index contributed by atoms with van der Waals surface area (Å²) in [6.45, 7) is 4.05. The maximum atomic E-state index is 11.0. The molecule has 2 nitrogen and oxygen atoms in total. The molecule has 0 amide bonds. The fourth-order valence-electron chi connectivity index (χ4n) is 1.59. The van der Waals surface area contributed by atoms with Crippen LogP contribution in [0.3, 0.4) is 0 Å². The quantitative estimate of drug-likeness (QED) is 0.577. The minimum Gasteiger partial charge on any atom is -0.487 e. The summed E-state index contributed by atoms with van der Waals surface area (Å²) in [7, 11) is 0. The van der Waals surface area contributed by atoms with Gasteiger partial charge < -0.3 is 4.74 Å². The lowest BCUT2D eigenvalue weighted by atomic mass is 10.0. The Morgan fingerprint density at radius 2 is 2.17 bits per heavy atom. The van der Waals surface area contributed by atoms with Crippen molar-refractivity contribution in [3.05, 3.63) is 23.8 Å². The third-order valence-corrected chi connectivity index (χ3v) is 2.03. The van der Waals surface area contributed by atoms with E-state index < -0.39 is 0 Å². The van der Waals surface area contributed by atoms with Gasteiger partial charge in [0, 0.05) is 12.0 Å². The molecule has 0 aromatic heterocycles. The van der Waals surface area contributed by atoms with E-state index >= 15 is 0 Å². The zero-order valence-electron chi connectivity index (χ0n) is 7.26. The molecule has 0 atom stereocenters. The average molecular weight is 163 g/mol. The number of benzene rings is 1. The molecule has 63 valence electrons. The number of hydrogen-bond donors (Lipinski definition) is 0. The van der Waals surface area contributed by atoms with Crippen molar-refractivity contribution in [1.82, 2.24) is 0 Å². The number of fused-ring (bicyclic) bond motifs is 1. The van der Waals surface area contributed by atoms with Crippen LogP contribution >= 0.6 is 0 Å². The number of hydrogen-bond acceptors (Lipinski definition) is 1. The highest BCUT2D eigenvalue weighted by molar-refractivity contribution is 5.43. The molecule has 0 saturated heterocycles. The Morgan fingerprint density at radius 1 is 1.42 bits per heavy atom. The Kier molecular flexibility index (Phi) is 1.34. The second-order valence-corrected chi connectivity index (χ2v) is 3.81. The van der Waals surface area contributed by atoms with Crippen molar-refractivity contribution in [3.8, 4) is 11.5 Å². The highest BCUT2D eigenvalue weighted by atomic mass is 16.5. The van der Waals surface area contributed by atoms with Crippen LogP contribution in [0.2, 0.25) is 0 Å². The molecule has 1 radical (unpaired) electrons. The number of ether oxygens (including phenoxy) is 1. The van der Waals surface area contributed by atoms with Gasteiger partial charge in [0.2, 0.25) is 0 Å². The first kappa shape index (κ1) is 7.47. The van der Waals surface area contributed by atoms with E-state index in [9.17, 15) is 5.11 Å². The van der Waals surface area contributed by atoms with E-state index in [1.165, 1.54) is 0 Å². The predicted molar refractivity (Wildman–Crippen MR) is 45.0 cm³/mol. The minimum atomic E-state index is -0.143. The highest BCUT2D eigenvalue weighted by Crippen LogP contribution is 2.36. The first-order valence-corrected chi connectivity index (χ1v) is 4.06. The smallest absolute Gasteiger partial charge is 0.179 e. The molecule has 12 heavy (non-hydrogen) atoms. The largest absolute Gasteiger partial charge is 0.487 e. The van der Waals surface area contributed by atoms with Crippen LogP contribution in [0.15, 0.2) is 18.2 Å². The van der Waals surface area contributed by atoms with Crippen molar-refractivity contribution in [2.75, 3.05) is 0 Å². The molecule has 0 aliphatic carbocycles. The SMILES string of the molecule is CC1(C)Cc2cc([O])ccc2O1. The van der Waals surface area contributed by atoms with Crippen LogP contribution in [-0.4, -0.2) is 5.60 Å². The van der Waals surface area contributed by atoms with Gasteiger partial charge in [0.25, 0.3) is 0 Å². The average Bonchev–Trinajstić information content (AvgIpc) is 2.21. The minimum absolute atomic E-state index is 0.0649. The van der Waals surface area contributed by atoms with E-state index in [0.29, 0.717) is 0 Å². The van der Waals surface area contributed by atoms with E-state index in [1.807, 2.05) is 13.8 Å². The molecule has 2 heteroatoms. The fourth-order valence-corrected chi connectivity index (χ4v) is 1.59. The lowest BCUT2D eigenvalue weighted by Crippen LogP contribution is -2.24. The van der Waals surface area contributed by atoms with Gasteiger partial charge in [-0.05, 0) is 32.0 Å². The standard InChI is InChI=1S/C10H11O2/c1-10(2)6-7-5-8(11)3-4-9(7)12-10/h3-5H,6H2,1-2H3. The van der Waals surface area contributed by atoms with Crippen LogP contribution < -0.4 is 4.74 Å². The van der Waals surface area contributed by atoms with Gasteiger partial charge in [-0.15, -0.1) is 0 Å². The van der Waals surface area contributed by atoms with Crippen LogP contribution in [0.1, 0.15) is 19.4 Å². The van der Waals surface area contributed by atoms with Crippen LogP contribution in [0.4, 0.5) is 0 Å². The molecule has 0 fully saturated rings. The molecular formula is C10H11O2. The van der Waals surface area contributed by atoms with E-state index in [-0.39, 0.29) is 11.4 Å². The molecule has 2 rings (SSSR count). The van der Waals surface area contributed by atoms with Gasteiger partial charge in [0.15, 0.2) is 5.75 Å². The summed E-state index contributed by atoms with van der Waals surface area (Å²) in [6.07, 6.45) is 0.832. The van der Waals surface area contributed by atoms with E-state index in [2.05, 4.69) is 0 Å². The Bertz CT molecular complexity index is 316. The van der Waals surface area contributed by atoms with Crippen molar-refractivity contribution in [1.29, 1.82) is 0 Å². The van der Waals surface area contributed by atoms with Crippen LogP contribution in [0.5, 0.6) is 11.5 Å². The molecule has 0 N–H and O–H groups in total. The third-order valence-electron chi connectivity index (χ3n) is 2.03. The summed E-state index contributed by atoms with van der Waals surface area (Å²) in [5, 5.41) is 11.0. The molecule has 1 aromatic carbocycles. The fraction of sp³-hybridized carbons (Fsp3) is 0.400. The predicted octanol–water partition coefficient (Wildman–Crippen LogP) is 2.54. The summed E-state index contributed by atoms with van der Waals surface area (Å²) >= 11 is 0. The van der Waals surface area contributed by atoms with Crippen LogP contribution in [-0.2, 0) is 11.5 Å². The molecule has 0 bridgehead atoms. The Labute approximate surface area is 71.8 Å². The molecule has 1 aromatic rings. The van der Waals surface area contributed by atoms with Gasteiger partial charge in [-0.3, -0.25) is 5.11 Å². The zero-order valence-corrected chi connectivity index (χ0v) is 7.26. The van der Waals surface area contributed by atoms with E-state index in [4.69, 9.17) is 4.74 Å². The summed E-state index contributed by atoms with van der Waals surface area (Å²) in [4.78, 5) is 0. The summed E-state index contributed by atoms with van der Waals surface area (Å²) in [5.41, 5.74) is 0.892. The normalized spacial score (nSPS) is 18.5. The monoisotopic (exact) mass is 163 g/mol. The Hall–Kier alpha value is -1.18. The van der Waals surface area contributed by atoms with Gasteiger partial charge in [-0.25, -0.2) is 0 Å².